The molecule has 138 valence electrons. The average Bonchev–Trinajstić information content (AvgIpc) is 3.13. The minimum absolute atomic E-state index is 0.170. The van der Waals surface area contributed by atoms with E-state index < -0.39 is 5.97 Å². The van der Waals surface area contributed by atoms with E-state index in [4.69, 9.17) is 0 Å². The maximum atomic E-state index is 12.2. The number of imidazole rings is 1. The third-order valence-electron chi connectivity index (χ3n) is 3.77. The fourth-order valence-electron chi connectivity index (χ4n) is 2.51. The van der Waals surface area contributed by atoms with Gasteiger partial charge in [0.05, 0.1) is 18.4 Å². The van der Waals surface area contributed by atoms with Crippen LogP contribution in [0.4, 0.5) is 5.69 Å². The van der Waals surface area contributed by atoms with Gasteiger partial charge >= 0.3 is 5.97 Å². The molecule has 0 unspecified atom stereocenters. The fourth-order valence-corrected chi connectivity index (χ4v) is 3.26. The molecule has 0 fully saturated rings. The summed E-state index contributed by atoms with van der Waals surface area (Å²) < 4.78 is 6.69. The number of methoxy groups -OCH3 is 1. The Morgan fingerprint density at radius 2 is 1.96 bits per heavy atom. The van der Waals surface area contributed by atoms with Gasteiger partial charge in [-0.3, -0.25) is 4.79 Å². The number of esters is 1. The zero-order valence-corrected chi connectivity index (χ0v) is 15.6. The molecular formula is C20H19N3O3S. The van der Waals surface area contributed by atoms with Crippen LogP contribution in [0.25, 0.3) is 0 Å². The predicted octanol–water partition coefficient (Wildman–Crippen LogP) is 3.45. The Kier molecular flexibility index (Phi) is 6.27. The Bertz CT molecular complexity index is 925. The molecule has 0 aliphatic carbocycles. The summed E-state index contributed by atoms with van der Waals surface area (Å²) >= 11 is 1.36. The van der Waals surface area contributed by atoms with E-state index in [0.29, 0.717) is 17.8 Å². The number of benzene rings is 2. The topological polar surface area (TPSA) is 73.2 Å². The van der Waals surface area contributed by atoms with E-state index in [-0.39, 0.29) is 11.7 Å². The number of carbonyl (C=O) groups is 2. The zero-order chi connectivity index (χ0) is 19.1. The van der Waals surface area contributed by atoms with Crippen LogP contribution in [-0.4, -0.2) is 34.3 Å². The maximum absolute atomic E-state index is 12.2. The minimum Gasteiger partial charge on any atom is -0.465 e. The molecule has 0 saturated carbocycles. The highest BCUT2D eigenvalue weighted by molar-refractivity contribution is 7.99. The van der Waals surface area contributed by atoms with Gasteiger partial charge in [-0.15, -0.1) is 0 Å². The molecule has 1 aromatic heterocycles. The van der Waals surface area contributed by atoms with Crippen LogP contribution in [0.1, 0.15) is 15.9 Å². The van der Waals surface area contributed by atoms with Crippen molar-refractivity contribution in [2.24, 2.45) is 0 Å². The fraction of sp³-hybridized carbons (Fsp3) is 0.150. The van der Waals surface area contributed by atoms with Crippen LogP contribution in [-0.2, 0) is 16.1 Å². The number of nitrogens with one attached hydrogen (secondary N) is 1. The van der Waals surface area contributed by atoms with Crippen molar-refractivity contribution in [3.63, 3.8) is 0 Å². The molecule has 1 heterocycles. The first-order valence-electron chi connectivity index (χ1n) is 8.32. The van der Waals surface area contributed by atoms with Gasteiger partial charge in [-0.2, -0.15) is 0 Å². The largest absolute Gasteiger partial charge is 0.465 e. The Balaban J connectivity index is 1.57. The number of thioether (sulfide) groups is 1. The second-order valence-corrected chi connectivity index (χ2v) is 6.68. The van der Waals surface area contributed by atoms with E-state index in [0.717, 1.165) is 5.16 Å². The summed E-state index contributed by atoms with van der Waals surface area (Å²) in [4.78, 5) is 28.1. The molecule has 1 amide bonds. The molecule has 2 aromatic carbocycles. The van der Waals surface area contributed by atoms with E-state index >= 15 is 0 Å². The molecule has 3 aromatic rings. The van der Waals surface area contributed by atoms with Crippen molar-refractivity contribution in [2.45, 2.75) is 11.7 Å². The second kappa shape index (κ2) is 9.05. The monoisotopic (exact) mass is 381 g/mol. The summed E-state index contributed by atoms with van der Waals surface area (Å²) in [5.41, 5.74) is 2.11. The molecule has 0 aliphatic rings. The van der Waals surface area contributed by atoms with Gasteiger partial charge < -0.3 is 14.6 Å². The lowest BCUT2D eigenvalue weighted by Gasteiger charge is -2.09. The SMILES string of the molecule is COC(=O)c1cccc(NC(=O)CSc2nccn2Cc2ccccc2)c1. The molecule has 27 heavy (non-hydrogen) atoms. The third-order valence-corrected chi connectivity index (χ3v) is 4.78. The van der Waals surface area contributed by atoms with Crippen LogP contribution in [0.2, 0.25) is 0 Å². The summed E-state index contributed by atoms with van der Waals surface area (Å²) in [5.74, 6) is -0.395. The van der Waals surface area contributed by atoms with Crippen LogP contribution < -0.4 is 5.32 Å². The molecule has 1 N–H and O–H groups in total. The van der Waals surface area contributed by atoms with Crippen molar-refractivity contribution in [3.8, 4) is 0 Å². The molecule has 0 saturated heterocycles. The minimum atomic E-state index is -0.441. The lowest BCUT2D eigenvalue weighted by atomic mass is 10.2. The number of rotatable bonds is 7. The van der Waals surface area contributed by atoms with E-state index in [1.54, 1.807) is 30.5 Å². The Hall–Kier alpha value is -3.06. The summed E-state index contributed by atoms with van der Waals surface area (Å²) in [6, 6.07) is 16.7. The van der Waals surface area contributed by atoms with Gasteiger partial charge in [0.1, 0.15) is 0 Å². The summed E-state index contributed by atoms with van der Waals surface area (Å²) in [6.07, 6.45) is 3.62. The molecule has 0 atom stereocenters. The first kappa shape index (κ1) is 18.7. The molecule has 0 bridgehead atoms. The molecule has 3 rings (SSSR count). The van der Waals surface area contributed by atoms with Gasteiger partial charge in [0.25, 0.3) is 0 Å². The number of nitrogens with zero attached hydrogens (tertiary/aromatic N) is 2. The van der Waals surface area contributed by atoms with Gasteiger partial charge in [0.15, 0.2) is 5.16 Å². The van der Waals surface area contributed by atoms with Crippen LogP contribution in [0.15, 0.2) is 72.1 Å². The van der Waals surface area contributed by atoms with E-state index in [2.05, 4.69) is 27.2 Å². The predicted molar refractivity (Wildman–Crippen MR) is 105 cm³/mol. The Morgan fingerprint density at radius 1 is 1.15 bits per heavy atom. The van der Waals surface area contributed by atoms with Crippen molar-refractivity contribution >= 4 is 29.3 Å². The van der Waals surface area contributed by atoms with Gasteiger partial charge in [-0.05, 0) is 23.8 Å². The third kappa shape index (κ3) is 5.21. The smallest absolute Gasteiger partial charge is 0.337 e. The zero-order valence-electron chi connectivity index (χ0n) is 14.8. The lowest BCUT2D eigenvalue weighted by molar-refractivity contribution is -0.113. The molecule has 6 nitrogen and oxygen atoms in total. The average molecular weight is 381 g/mol. The Labute approximate surface area is 161 Å². The number of hydrogen-bond acceptors (Lipinski definition) is 5. The lowest BCUT2D eigenvalue weighted by Crippen LogP contribution is -2.15. The van der Waals surface area contributed by atoms with Crippen LogP contribution in [0, 0.1) is 0 Å². The number of hydrogen-bond donors (Lipinski definition) is 1. The van der Waals surface area contributed by atoms with Gasteiger partial charge in [-0.25, -0.2) is 9.78 Å². The number of aromatic nitrogens is 2. The molecule has 0 aliphatic heterocycles. The van der Waals surface area contributed by atoms with E-state index in [1.807, 2.05) is 29.0 Å². The maximum Gasteiger partial charge on any atom is 0.337 e. The van der Waals surface area contributed by atoms with Crippen LogP contribution in [0.3, 0.4) is 0 Å². The quantitative estimate of drug-likeness (QED) is 0.501. The number of anilines is 1. The van der Waals surface area contributed by atoms with Gasteiger partial charge in [-0.1, -0.05) is 48.2 Å². The van der Waals surface area contributed by atoms with Crippen LogP contribution >= 0.6 is 11.8 Å². The standard InChI is InChI=1S/C20H19N3O3S/c1-26-19(25)16-8-5-9-17(12-16)22-18(24)14-27-20-21-10-11-23(20)13-15-6-3-2-4-7-15/h2-12H,13-14H2,1H3,(H,22,24). The number of ether oxygens (including phenoxy) is 1. The van der Waals surface area contributed by atoms with Crippen molar-refractivity contribution in [3.05, 3.63) is 78.1 Å². The highest BCUT2D eigenvalue weighted by atomic mass is 32.2. The van der Waals surface area contributed by atoms with Crippen molar-refractivity contribution in [1.29, 1.82) is 0 Å². The molecular weight excluding hydrogens is 362 g/mol. The normalized spacial score (nSPS) is 10.4. The van der Waals surface area contributed by atoms with Crippen molar-refractivity contribution < 1.29 is 14.3 Å². The molecule has 0 radical (unpaired) electrons. The first-order valence-corrected chi connectivity index (χ1v) is 9.30. The van der Waals surface area contributed by atoms with Gasteiger partial charge in [0.2, 0.25) is 5.91 Å². The Morgan fingerprint density at radius 3 is 2.74 bits per heavy atom. The number of carbonyl (C=O) groups excluding carboxylic acids is 2. The molecule has 0 spiro atoms. The van der Waals surface area contributed by atoms with E-state index in [1.165, 1.54) is 24.4 Å². The highest BCUT2D eigenvalue weighted by Crippen LogP contribution is 2.18. The summed E-state index contributed by atoms with van der Waals surface area (Å²) in [7, 11) is 1.32. The summed E-state index contributed by atoms with van der Waals surface area (Å²) in [5, 5.41) is 3.56. The van der Waals surface area contributed by atoms with Crippen LogP contribution in [0.5, 0.6) is 0 Å². The second-order valence-electron chi connectivity index (χ2n) is 5.73. The molecule has 7 heteroatoms. The van der Waals surface area contributed by atoms with Crippen molar-refractivity contribution in [1.82, 2.24) is 9.55 Å². The number of amides is 1. The highest BCUT2D eigenvalue weighted by Gasteiger charge is 2.10. The summed E-state index contributed by atoms with van der Waals surface area (Å²) in [6.45, 7) is 0.700. The van der Waals surface area contributed by atoms with Crippen molar-refractivity contribution in [2.75, 3.05) is 18.2 Å². The van der Waals surface area contributed by atoms with E-state index in [9.17, 15) is 9.59 Å². The van der Waals surface area contributed by atoms with Gasteiger partial charge in [0, 0.05) is 24.6 Å². The first-order chi connectivity index (χ1) is 13.2.